The molecule has 2 saturated carbocycles. The van der Waals surface area contributed by atoms with E-state index in [-0.39, 0.29) is 5.41 Å². The zero-order valence-corrected chi connectivity index (χ0v) is 16.6. The lowest BCUT2D eigenvalue weighted by molar-refractivity contribution is 0.0612. The molecule has 4 aliphatic carbocycles. The van der Waals surface area contributed by atoms with Gasteiger partial charge in [0.1, 0.15) is 5.76 Å². The first-order valence-corrected chi connectivity index (χ1v) is 10.3. The Morgan fingerprint density at radius 1 is 1.20 bits per heavy atom. The van der Waals surface area contributed by atoms with Gasteiger partial charge in [0.25, 0.3) is 0 Å². The highest BCUT2D eigenvalue weighted by Gasteiger charge is 2.60. The number of hydrogen-bond acceptors (Lipinski definition) is 2. The van der Waals surface area contributed by atoms with Crippen LogP contribution < -0.4 is 0 Å². The fraction of sp³-hybridized carbons (Fsp3) is 0.739. The number of ether oxygens (including phenoxy) is 1. The standard InChI is InChI=1S/C23H35NO/c1-22(2)12-7-13-23(22)19(16-24(3)15-17-10-11-17)14-18-8-5-6-9-20(25-4)21(18)23/h5,8-9,17,19H,6-7,10-16H2,1-4H3. The summed E-state index contributed by atoms with van der Waals surface area (Å²) in [6.07, 6.45) is 16.2. The molecule has 0 aromatic heterocycles. The molecule has 0 aromatic carbocycles. The van der Waals surface area contributed by atoms with Crippen molar-refractivity contribution >= 4 is 0 Å². The maximum atomic E-state index is 5.94. The van der Waals surface area contributed by atoms with E-state index < -0.39 is 0 Å². The summed E-state index contributed by atoms with van der Waals surface area (Å²) < 4.78 is 5.94. The average molecular weight is 342 g/mol. The van der Waals surface area contributed by atoms with Crippen LogP contribution in [0, 0.1) is 22.7 Å². The molecule has 2 nitrogen and oxygen atoms in total. The molecule has 2 atom stereocenters. The zero-order valence-electron chi connectivity index (χ0n) is 16.6. The molecule has 1 spiro atoms. The third-order valence-electron chi connectivity index (χ3n) is 7.53. The van der Waals surface area contributed by atoms with Crippen molar-refractivity contribution in [3.63, 3.8) is 0 Å². The van der Waals surface area contributed by atoms with Crippen molar-refractivity contribution in [2.75, 3.05) is 27.2 Å². The van der Waals surface area contributed by atoms with Gasteiger partial charge in [0, 0.05) is 24.1 Å². The molecule has 0 aromatic rings. The Labute approximate surface area is 154 Å². The Kier molecular flexibility index (Phi) is 4.38. The number of hydrogen-bond donors (Lipinski definition) is 0. The Morgan fingerprint density at radius 2 is 2.00 bits per heavy atom. The minimum Gasteiger partial charge on any atom is -0.497 e. The van der Waals surface area contributed by atoms with E-state index in [0.717, 1.165) is 18.3 Å². The molecule has 0 bridgehead atoms. The van der Waals surface area contributed by atoms with Crippen LogP contribution in [0.3, 0.4) is 0 Å². The van der Waals surface area contributed by atoms with Gasteiger partial charge < -0.3 is 9.64 Å². The van der Waals surface area contributed by atoms with Gasteiger partial charge in [-0.1, -0.05) is 32.4 Å². The summed E-state index contributed by atoms with van der Waals surface area (Å²) in [5.74, 6) is 2.86. The third-order valence-corrected chi connectivity index (χ3v) is 7.53. The molecule has 0 aliphatic heterocycles. The van der Waals surface area contributed by atoms with E-state index in [1.807, 2.05) is 7.11 Å². The topological polar surface area (TPSA) is 12.5 Å². The lowest BCUT2D eigenvalue weighted by atomic mass is 9.59. The molecule has 25 heavy (non-hydrogen) atoms. The molecule has 2 fully saturated rings. The second-order valence-corrected chi connectivity index (χ2v) is 9.59. The minimum atomic E-state index is 0.288. The van der Waals surface area contributed by atoms with Gasteiger partial charge in [0.2, 0.25) is 0 Å². The van der Waals surface area contributed by atoms with Gasteiger partial charge in [0.15, 0.2) is 0 Å². The predicted molar refractivity (Wildman–Crippen MR) is 104 cm³/mol. The summed E-state index contributed by atoms with van der Waals surface area (Å²) in [5, 5.41) is 0. The van der Waals surface area contributed by atoms with Crippen LogP contribution in [0.1, 0.15) is 58.8 Å². The summed E-state index contributed by atoms with van der Waals surface area (Å²) >= 11 is 0. The highest BCUT2D eigenvalue weighted by molar-refractivity contribution is 5.50. The van der Waals surface area contributed by atoms with Crippen molar-refractivity contribution in [2.45, 2.75) is 58.8 Å². The van der Waals surface area contributed by atoms with Crippen LogP contribution in [0.25, 0.3) is 0 Å². The van der Waals surface area contributed by atoms with Gasteiger partial charge in [-0.3, -0.25) is 0 Å². The average Bonchev–Trinajstić information content (AvgIpc) is 3.28. The summed E-state index contributed by atoms with van der Waals surface area (Å²) in [6, 6.07) is 0. The van der Waals surface area contributed by atoms with Crippen molar-refractivity contribution < 1.29 is 4.74 Å². The maximum Gasteiger partial charge on any atom is 0.119 e. The van der Waals surface area contributed by atoms with Gasteiger partial charge >= 0.3 is 0 Å². The lowest BCUT2D eigenvalue weighted by Gasteiger charge is -2.47. The SMILES string of the molecule is COC1=CCC=CC2=C1C1(CCCC1(C)C)C(CN(C)CC1CC1)C2. The van der Waals surface area contributed by atoms with E-state index in [9.17, 15) is 0 Å². The fourth-order valence-corrected chi connectivity index (χ4v) is 6.24. The van der Waals surface area contributed by atoms with E-state index >= 15 is 0 Å². The molecule has 2 unspecified atom stereocenters. The second-order valence-electron chi connectivity index (χ2n) is 9.59. The monoisotopic (exact) mass is 341 g/mol. The largest absolute Gasteiger partial charge is 0.497 e. The van der Waals surface area contributed by atoms with Crippen LogP contribution in [0.4, 0.5) is 0 Å². The number of rotatable bonds is 5. The lowest BCUT2D eigenvalue weighted by Crippen LogP contribution is -2.44. The van der Waals surface area contributed by atoms with E-state index in [1.165, 1.54) is 57.4 Å². The summed E-state index contributed by atoms with van der Waals surface area (Å²) in [6.45, 7) is 7.57. The van der Waals surface area contributed by atoms with Gasteiger partial charge in [0.05, 0.1) is 7.11 Å². The van der Waals surface area contributed by atoms with Crippen molar-refractivity contribution in [3.05, 3.63) is 35.1 Å². The first-order valence-electron chi connectivity index (χ1n) is 10.3. The molecule has 0 N–H and O–H groups in total. The Balaban J connectivity index is 1.71. The van der Waals surface area contributed by atoms with Crippen LogP contribution in [-0.2, 0) is 4.74 Å². The van der Waals surface area contributed by atoms with Crippen molar-refractivity contribution in [2.24, 2.45) is 22.7 Å². The summed E-state index contributed by atoms with van der Waals surface area (Å²) in [5.41, 5.74) is 3.77. The predicted octanol–water partition coefficient (Wildman–Crippen LogP) is 5.33. The van der Waals surface area contributed by atoms with Gasteiger partial charge in [-0.25, -0.2) is 0 Å². The van der Waals surface area contributed by atoms with Crippen molar-refractivity contribution in [1.82, 2.24) is 4.90 Å². The van der Waals surface area contributed by atoms with E-state index in [2.05, 4.69) is 44.0 Å². The van der Waals surface area contributed by atoms with Crippen LogP contribution in [0.15, 0.2) is 35.1 Å². The molecule has 0 amide bonds. The number of fused-ring (bicyclic) bond motifs is 1. The minimum absolute atomic E-state index is 0.288. The number of methoxy groups -OCH3 is 1. The normalized spacial score (nSPS) is 33.8. The Bertz CT molecular complexity index is 622. The molecule has 0 heterocycles. The molecule has 0 saturated heterocycles. The molecule has 2 heteroatoms. The molecule has 138 valence electrons. The van der Waals surface area contributed by atoms with Gasteiger partial charge in [-0.15, -0.1) is 0 Å². The van der Waals surface area contributed by atoms with Gasteiger partial charge in [-0.05, 0) is 74.5 Å². The highest BCUT2D eigenvalue weighted by Crippen LogP contribution is 2.67. The molecule has 4 rings (SSSR count). The highest BCUT2D eigenvalue weighted by atomic mass is 16.5. The zero-order chi connectivity index (χ0) is 17.7. The third kappa shape index (κ3) is 2.81. The molecule has 0 radical (unpaired) electrons. The molecular formula is C23H35NO. The maximum absolute atomic E-state index is 5.94. The van der Waals surface area contributed by atoms with Crippen LogP contribution in [-0.4, -0.2) is 32.1 Å². The number of nitrogens with zero attached hydrogens (tertiary/aromatic N) is 1. The van der Waals surface area contributed by atoms with Crippen LogP contribution >= 0.6 is 0 Å². The number of allylic oxidation sites excluding steroid dienone is 5. The van der Waals surface area contributed by atoms with E-state index in [4.69, 9.17) is 4.74 Å². The molecular weight excluding hydrogens is 306 g/mol. The van der Waals surface area contributed by atoms with Crippen molar-refractivity contribution in [1.29, 1.82) is 0 Å². The first kappa shape index (κ1) is 17.4. The second kappa shape index (κ2) is 6.30. The Hall–Kier alpha value is -1.02. The Morgan fingerprint density at radius 3 is 2.64 bits per heavy atom. The van der Waals surface area contributed by atoms with Crippen LogP contribution in [0.5, 0.6) is 0 Å². The fourth-order valence-electron chi connectivity index (χ4n) is 6.24. The van der Waals surface area contributed by atoms with Crippen molar-refractivity contribution in [3.8, 4) is 0 Å². The van der Waals surface area contributed by atoms with Crippen LogP contribution in [0.2, 0.25) is 0 Å². The summed E-state index contributed by atoms with van der Waals surface area (Å²) in [4.78, 5) is 2.63. The smallest absolute Gasteiger partial charge is 0.119 e. The first-order chi connectivity index (χ1) is 12.0. The van der Waals surface area contributed by atoms with Gasteiger partial charge in [-0.2, -0.15) is 0 Å². The van der Waals surface area contributed by atoms with E-state index in [0.29, 0.717) is 5.41 Å². The van der Waals surface area contributed by atoms with E-state index in [1.54, 1.807) is 11.1 Å². The summed E-state index contributed by atoms with van der Waals surface area (Å²) in [7, 11) is 4.21. The molecule has 4 aliphatic rings. The quantitative estimate of drug-likeness (QED) is 0.670.